The van der Waals surface area contributed by atoms with Crippen LogP contribution in [0.5, 0.6) is 0 Å². The number of esters is 1. The molecule has 0 aliphatic rings. The van der Waals surface area contributed by atoms with Crippen LogP contribution in [0.3, 0.4) is 0 Å². The van der Waals surface area contributed by atoms with Gasteiger partial charge in [0, 0.05) is 0 Å². The van der Waals surface area contributed by atoms with Crippen molar-refractivity contribution in [2.45, 2.75) is 51.9 Å². The van der Waals surface area contributed by atoms with Crippen LogP contribution in [0.4, 0.5) is 0 Å². The van der Waals surface area contributed by atoms with E-state index in [0.717, 1.165) is 31.4 Å². The number of unbranched alkanes of at least 4 members (excludes halogenated alkanes) is 5. The maximum atomic E-state index is 12.1. The van der Waals surface area contributed by atoms with E-state index in [1.807, 2.05) is 31.3 Å². The Kier molecular flexibility index (Phi) is 9.55. The molecule has 0 aliphatic heterocycles. The number of likely N-dealkylation sites (N-methyl/N-ethyl adjacent to an activating group) is 1. The first-order valence-corrected chi connectivity index (χ1v) is 8.19. The molecule has 21 heavy (non-hydrogen) atoms. The van der Waals surface area contributed by atoms with Crippen molar-refractivity contribution >= 4 is 5.97 Å². The van der Waals surface area contributed by atoms with Gasteiger partial charge in [0.25, 0.3) is 0 Å². The second-order valence-electron chi connectivity index (χ2n) is 5.41. The summed E-state index contributed by atoms with van der Waals surface area (Å²) in [5, 5.41) is 3.11. The molecule has 0 heterocycles. The Labute approximate surface area is 129 Å². The molecule has 1 rings (SSSR count). The van der Waals surface area contributed by atoms with E-state index in [1.54, 1.807) is 0 Å². The molecule has 1 aromatic carbocycles. The first-order valence-electron chi connectivity index (χ1n) is 8.19. The lowest BCUT2D eigenvalue weighted by Gasteiger charge is -2.09. The number of hydrogen-bond donors (Lipinski definition) is 1. The van der Waals surface area contributed by atoms with Gasteiger partial charge in [-0.25, -0.2) is 4.79 Å². The molecule has 118 valence electrons. The van der Waals surface area contributed by atoms with Crippen LogP contribution in [0.2, 0.25) is 0 Å². The summed E-state index contributed by atoms with van der Waals surface area (Å²) in [7, 11) is 1.92. The zero-order valence-corrected chi connectivity index (χ0v) is 13.5. The smallest absolute Gasteiger partial charge is 0.338 e. The first-order chi connectivity index (χ1) is 10.3. The molecule has 0 amide bonds. The van der Waals surface area contributed by atoms with E-state index in [0.29, 0.717) is 12.2 Å². The average molecular weight is 291 g/mol. The van der Waals surface area contributed by atoms with E-state index in [9.17, 15) is 4.79 Å². The fraction of sp³-hybridized carbons (Fsp3) is 0.611. The highest BCUT2D eigenvalue weighted by atomic mass is 16.5. The highest BCUT2D eigenvalue weighted by Crippen LogP contribution is 2.12. The maximum absolute atomic E-state index is 12.1. The van der Waals surface area contributed by atoms with Gasteiger partial charge in [-0.2, -0.15) is 0 Å². The van der Waals surface area contributed by atoms with Gasteiger partial charge in [-0.15, -0.1) is 0 Å². The Morgan fingerprint density at radius 3 is 2.57 bits per heavy atom. The molecule has 0 fully saturated rings. The Balaban J connectivity index is 2.31. The fourth-order valence-corrected chi connectivity index (χ4v) is 2.32. The summed E-state index contributed by atoms with van der Waals surface area (Å²) in [6.07, 6.45) is 8.06. The van der Waals surface area contributed by atoms with E-state index in [2.05, 4.69) is 12.2 Å². The van der Waals surface area contributed by atoms with Gasteiger partial charge in [-0.3, -0.25) is 0 Å². The van der Waals surface area contributed by atoms with Crippen molar-refractivity contribution in [3.8, 4) is 0 Å². The molecular formula is C18H29NO2. The molecule has 1 N–H and O–H groups in total. The Morgan fingerprint density at radius 1 is 1.10 bits per heavy atom. The predicted molar refractivity (Wildman–Crippen MR) is 87.7 cm³/mol. The lowest BCUT2D eigenvalue weighted by molar-refractivity contribution is 0.0496. The van der Waals surface area contributed by atoms with Crippen LogP contribution in [0, 0.1) is 0 Å². The molecule has 0 radical (unpaired) electrons. The quantitative estimate of drug-likeness (QED) is 0.495. The van der Waals surface area contributed by atoms with Crippen LogP contribution < -0.4 is 5.32 Å². The maximum Gasteiger partial charge on any atom is 0.338 e. The van der Waals surface area contributed by atoms with Crippen LogP contribution in [-0.2, 0) is 11.2 Å². The SMILES string of the molecule is CCCCCCCCOC(=O)c1ccccc1CCNC. The third-order valence-corrected chi connectivity index (χ3v) is 3.61. The largest absolute Gasteiger partial charge is 0.462 e. The van der Waals surface area contributed by atoms with Gasteiger partial charge in [-0.1, -0.05) is 57.2 Å². The van der Waals surface area contributed by atoms with Crippen LogP contribution in [0.1, 0.15) is 61.4 Å². The van der Waals surface area contributed by atoms with E-state index >= 15 is 0 Å². The van der Waals surface area contributed by atoms with Crippen molar-refractivity contribution in [3.05, 3.63) is 35.4 Å². The van der Waals surface area contributed by atoms with Gasteiger partial charge >= 0.3 is 5.97 Å². The normalized spacial score (nSPS) is 10.6. The molecular weight excluding hydrogens is 262 g/mol. The highest BCUT2D eigenvalue weighted by Gasteiger charge is 2.11. The van der Waals surface area contributed by atoms with E-state index in [4.69, 9.17) is 4.74 Å². The van der Waals surface area contributed by atoms with Gasteiger partial charge in [-0.05, 0) is 38.1 Å². The molecule has 3 heteroatoms. The van der Waals surface area contributed by atoms with Gasteiger partial charge in [0.1, 0.15) is 0 Å². The molecule has 0 bridgehead atoms. The molecule has 0 atom stereocenters. The molecule has 0 spiro atoms. The minimum Gasteiger partial charge on any atom is -0.462 e. The average Bonchev–Trinajstić information content (AvgIpc) is 2.52. The zero-order chi connectivity index (χ0) is 15.3. The highest BCUT2D eigenvalue weighted by molar-refractivity contribution is 5.91. The van der Waals surface area contributed by atoms with Gasteiger partial charge in [0.15, 0.2) is 0 Å². The standard InChI is InChI=1S/C18H29NO2/c1-3-4-5-6-7-10-15-21-18(20)17-12-9-8-11-16(17)13-14-19-2/h8-9,11-12,19H,3-7,10,13-15H2,1-2H3. The Hall–Kier alpha value is -1.35. The van der Waals surface area contributed by atoms with Crippen molar-refractivity contribution in [2.75, 3.05) is 20.2 Å². The summed E-state index contributed by atoms with van der Waals surface area (Å²) in [4.78, 5) is 12.1. The summed E-state index contributed by atoms with van der Waals surface area (Å²) in [6.45, 7) is 3.61. The van der Waals surface area contributed by atoms with E-state index in [1.165, 1.54) is 25.7 Å². The third kappa shape index (κ3) is 7.28. The minimum absolute atomic E-state index is 0.185. The topological polar surface area (TPSA) is 38.3 Å². The number of benzene rings is 1. The second kappa shape index (κ2) is 11.3. The fourth-order valence-electron chi connectivity index (χ4n) is 2.32. The third-order valence-electron chi connectivity index (χ3n) is 3.61. The van der Waals surface area contributed by atoms with Crippen LogP contribution in [-0.4, -0.2) is 26.2 Å². The monoisotopic (exact) mass is 291 g/mol. The van der Waals surface area contributed by atoms with Crippen LogP contribution in [0.15, 0.2) is 24.3 Å². The number of rotatable bonds is 11. The van der Waals surface area contributed by atoms with E-state index < -0.39 is 0 Å². The first kappa shape index (κ1) is 17.7. The zero-order valence-electron chi connectivity index (χ0n) is 13.5. The van der Waals surface area contributed by atoms with Crippen LogP contribution >= 0.6 is 0 Å². The number of carbonyl (C=O) groups excluding carboxylic acids is 1. The van der Waals surface area contributed by atoms with E-state index in [-0.39, 0.29) is 5.97 Å². The molecule has 1 aromatic rings. The summed E-state index contributed by atoms with van der Waals surface area (Å²) in [5.41, 5.74) is 1.76. The van der Waals surface area contributed by atoms with Crippen molar-refractivity contribution < 1.29 is 9.53 Å². The van der Waals surface area contributed by atoms with Crippen molar-refractivity contribution in [2.24, 2.45) is 0 Å². The molecule has 0 saturated carbocycles. The second-order valence-corrected chi connectivity index (χ2v) is 5.41. The minimum atomic E-state index is -0.185. The molecule has 0 unspecified atom stereocenters. The number of nitrogens with one attached hydrogen (secondary N) is 1. The predicted octanol–water partition coefficient (Wildman–Crippen LogP) is 3.97. The lowest BCUT2D eigenvalue weighted by atomic mass is 10.0. The molecule has 0 aromatic heterocycles. The Morgan fingerprint density at radius 2 is 1.81 bits per heavy atom. The number of hydrogen-bond acceptors (Lipinski definition) is 3. The van der Waals surface area contributed by atoms with Gasteiger partial charge in [0.05, 0.1) is 12.2 Å². The molecule has 0 aliphatic carbocycles. The summed E-state index contributed by atoms with van der Waals surface area (Å²) in [5.74, 6) is -0.185. The molecule has 3 nitrogen and oxygen atoms in total. The summed E-state index contributed by atoms with van der Waals surface area (Å²) in [6, 6.07) is 7.72. The van der Waals surface area contributed by atoms with Crippen LogP contribution in [0.25, 0.3) is 0 Å². The summed E-state index contributed by atoms with van der Waals surface area (Å²) < 4.78 is 5.40. The lowest BCUT2D eigenvalue weighted by Crippen LogP contribution is -2.14. The number of ether oxygens (including phenoxy) is 1. The van der Waals surface area contributed by atoms with Gasteiger partial charge in [0.2, 0.25) is 0 Å². The van der Waals surface area contributed by atoms with Crippen molar-refractivity contribution in [3.63, 3.8) is 0 Å². The Bertz CT molecular complexity index is 404. The number of carbonyl (C=O) groups is 1. The van der Waals surface area contributed by atoms with Crippen molar-refractivity contribution in [1.82, 2.24) is 5.32 Å². The van der Waals surface area contributed by atoms with Crippen molar-refractivity contribution in [1.29, 1.82) is 0 Å². The summed E-state index contributed by atoms with van der Waals surface area (Å²) >= 11 is 0. The molecule has 0 saturated heterocycles. The van der Waals surface area contributed by atoms with Gasteiger partial charge < -0.3 is 10.1 Å².